The van der Waals surface area contributed by atoms with Crippen molar-refractivity contribution in [2.24, 2.45) is 0 Å². The summed E-state index contributed by atoms with van der Waals surface area (Å²) in [6.07, 6.45) is 0. The standard InChI is InChI=1S/C12H16N4O/c1-8(12(17)16(2)3)15-11-5-4-9(7-13)6-10(11)14/h4-6,8,15H,14H2,1-3H3. The topological polar surface area (TPSA) is 82.1 Å². The van der Waals surface area contributed by atoms with Crippen LogP contribution in [0.4, 0.5) is 11.4 Å². The molecular formula is C12H16N4O. The van der Waals surface area contributed by atoms with Gasteiger partial charge in [0.15, 0.2) is 0 Å². The smallest absolute Gasteiger partial charge is 0.244 e. The van der Waals surface area contributed by atoms with Crippen LogP contribution in [-0.4, -0.2) is 30.9 Å². The summed E-state index contributed by atoms with van der Waals surface area (Å²) < 4.78 is 0. The first-order chi connectivity index (χ1) is 7.95. The zero-order valence-corrected chi connectivity index (χ0v) is 10.2. The second kappa shape index (κ2) is 5.21. The summed E-state index contributed by atoms with van der Waals surface area (Å²) in [7, 11) is 3.39. The number of nitrogens with zero attached hydrogens (tertiary/aromatic N) is 2. The van der Waals surface area contributed by atoms with Crippen molar-refractivity contribution in [1.29, 1.82) is 5.26 Å². The van der Waals surface area contributed by atoms with E-state index in [1.165, 1.54) is 4.90 Å². The predicted octanol–water partition coefficient (Wildman–Crippen LogP) is 1.03. The van der Waals surface area contributed by atoms with E-state index in [0.29, 0.717) is 16.9 Å². The average Bonchev–Trinajstić information content (AvgIpc) is 2.30. The van der Waals surface area contributed by atoms with Crippen LogP contribution in [0.2, 0.25) is 0 Å². The predicted molar refractivity (Wildman–Crippen MR) is 67.3 cm³/mol. The fourth-order valence-corrected chi connectivity index (χ4v) is 1.45. The molecule has 0 saturated heterocycles. The van der Waals surface area contributed by atoms with Gasteiger partial charge in [-0.2, -0.15) is 5.26 Å². The Morgan fingerprint density at radius 2 is 2.18 bits per heavy atom. The molecule has 1 rings (SSSR count). The summed E-state index contributed by atoms with van der Waals surface area (Å²) in [4.78, 5) is 13.2. The Labute approximate surface area is 101 Å². The lowest BCUT2D eigenvalue weighted by molar-refractivity contribution is -0.129. The number of likely N-dealkylation sites (N-methyl/N-ethyl adjacent to an activating group) is 1. The number of carbonyl (C=O) groups is 1. The minimum atomic E-state index is -0.361. The molecule has 0 spiro atoms. The molecule has 0 bridgehead atoms. The summed E-state index contributed by atoms with van der Waals surface area (Å²) >= 11 is 0. The monoisotopic (exact) mass is 232 g/mol. The number of hydrogen-bond donors (Lipinski definition) is 2. The summed E-state index contributed by atoms with van der Waals surface area (Å²) in [5, 5.41) is 11.7. The molecule has 17 heavy (non-hydrogen) atoms. The van der Waals surface area contributed by atoms with Crippen molar-refractivity contribution >= 4 is 17.3 Å². The first-order valence-corrected chi connectivity index (χ1v) is 5.23. The number of nitrogens with two attached hydrogens (primary N) is 1. The minimum absolute atomic E-state index is 0.0336. The molecule has 0 heterocycles. The second-order valence-corrected chi connectivity index (χ2v) is 4.01. The highest BCUT2D eigenvalue weighted by Crippen LogP contribution is 2.20. The van der Waals surface area contributed by atoms with E-state index in [4.69, 9.17) is 11.0 Å². The third kappa shape index (κ3) is 3.11. The van der Waals surface area contributed by atoms with Gasteiger partial charge in [-0.05, 0) is 25.1 Å². The molecule has 0 aliphatic heterocycles. The molecule has 5 nitrogen and oxygen atoms in total. The Hall–Kier alpha value is -2.22. The van der Waals surface area contributed by atoms with Crippen LogP contribution in [0.1, 0.15) is 12.5 Å². The van der Waals surface area contributed by atoms with Gasteiger partial charge in [0, 0.05) is 14.1 Å². The van der Waals surface area contributed by atoms with E-state index >= 15 is 0 Å². The van der Waals surface area contributed by atoms with Crippen LogP contribution in [0.3, 0.4) is 0 Å². The summed E-state index contributed by atoms with van der Waals surface area (Å²) in [6, 6.07) is 6.58. The number of benzene rings is 1. The summed E-state index contributed by atoms with van der Waals surface area (Å²) in [5.41, 5.74) is 7.40. The molecule has 0 aromatic heterocycles. The molecule has 3 N–H and O–H groups in total. The van der Waals surface area contributed by atoms with Crippen LogP contribution in [0.15, 0.2) is 18.2 Å². The fourth-order valence-electron chi connectivity index (χ4n) is 1.45. The first kappa shape index (κ1) is 12.8. The zero-order valence-electron chi connectivity index (χ0n) is 10.2. The summed E-state index contributed by atoms with van der Waals surface area (Å²) in [6.45, 7) is 1.76. The lowest BCUT2D eigenvalue weighted by Gasteiger charge is -2.19. The molecule has 90 valence electrons. The van der Waals surface area contributed by atoms with E-state index in [-0.39, 0.29) is 11.9 Å². The maximum atomic E-state index is 11.7. The van der Waals surface area contributed by atoms with Gasteiger partial charge in [-0.15, -0.1) is 0 Å². The van der Waals surface area contributed by atoms with Gasteiger partial charge in [0.1, 0.15) is 6.04 Å². The fraction of sp³-hybridized carbons (Fsp3) is 0.333. The van der Waals surface area contributed by atoms with Gasteiger partial charge >= 0.3 is 0 Å². The Balaban J connectivity index is 2.83. The van der Waals surface area contributed by atoms with Crippen molar-refractivity contribution < 1.29 is 4.79 Å². The quantitative estimate of drug-likeness (QED) is 0.762. The van der Waals surface area contributed by atoms with Crippen molar-refractivity contribution in [2.75, 3.05) is 25.1 Å². The maximum absolute atomic E-state index is 11.7. The molecule has 1 amide bonds. The number of carbonyl (C=O) groups excluding carboxylic acids is 1. The number of nitriles is 1. The van der Waals surface area contributed by atoms with Crippen molar-refractivity contribution in [3.63, 3.8) is 0 Å². The number of nitrogen functional groups attached to an aromatic ring is 1. The Morgan fingerprint density at radius 1 is 1.53 bits per heavy atom. The number of anilines is 2. The number of nitrogens with one attached hydrogen (secondary N) is 1. The molecule has 0 radical (unpaired) electrons. The van der Waals surface area contributed by atoms with Gasteiger partial charge in [0.25, 0.3) is 0 Å². The van der Waals surface area contributed by atoms with Gasteiger partial charge in [0.2, 0.25) is 5.91 Å². The van der Waals surface area contributed by atoms with Crippen LogP contribution in [0, 0.1) is 11.3 Å². The Bertz CT molecular complexity index is 462. The van der Waals surface area contributed by atoms with Gasteiger partial charge in [-0.3, -0.25) is 4.79 Å². The molecular weight excluding hydrogens is 216 g/mol. The van der Waals surface area contributed by atoms with E-state index in [0.717, 1.165) is 0 Å². The largest absolute Gasteiger partial charge is 0.397 e. The van der Waals surface area contributed by atoms with E-state index in [1.54, 1.807) is 39.2 Å². The zero-order chi connectivity index (χ0) is 13.0. The molecule has 0 fully saturated rings. The van der Waals surface area contributed by atoms with Crippen molar-refractivity contribution in [3.8, 4) is 6.07 Å². The highest BCUT2D eigenvalue weighted by atomic mass is 16.2. The third-order valence-corrected chi connectivity index (χ3v) is 2.36. The van der Waals surface area contributed by atoms with Crippen LogP contribution in [-0.2, 0) is 4.79 Å². The molecule has 0 saturated carbocycles. The molecule has 1 aromatic carbocycles. The molecule has 1 atom stereocenters. The van der Waals surface area contributed by atoms with Gasteiger partial charge in [-0.25, -0.2) is 0 Å². The van der Waals surface area contributed by atoms with Crippen molar-refractivity contribution in [3.05, 3.63) is 23.8 Å². The molecule has 1 unspecified atom stereocenters. The number of hydrogen-bond acceptors (Lipinski definition) is 4. The lowest BCUT2D eigenvalue weighted by Crippen LogP contribution is -2.36. The van der Waals surface area contributed by atoms with Crippen LogP contribution in [0.5, 0.6) is 0 Å². The second-order valence-electron chi connectivity index (χ2n) is 4.01. The van der Waals surface area contributed by atoms with Gasteiger partial charge in [-0.1, -0.05) is 0 Å². The molecule has 5 heteroatoms. The van der Waals surface area contributed by atoms with Crippen LogP contribution in [0.25, 0.3) is 0 Å². The number of amides is 1. The van der Waals surface area contributed by atoms with Crippen molar-refractivity contribution in [2.45, 2.75) is 13.0 Å². The third-order valence-electron chi connectivity index (χ3n) is 2.36. The SMILES string of the molecule is CC(Nc1ccc(C#N)cc1N)C(=O)N(C)C. The Kier molecular flexibility index (Phi) is 3.94. The van der Waals surface area contributed by atoms with Crippen LogP contribution >= 0.6 is 0 Å². The minimum Gasteiger partial charge on any atom is -0.397 e. The van der Waals surface area contributed by atoms with E-state index in [2.05, 4.69) is 5.32 Å². The molecule has 1 aromatic rings. The summed E-state index contributed by atoms with van der Waals surface area (Å²) in [5.74, 6) is -0.0336. The van der Waals surface area contributed by atoms with Crippen LogP contribution < -0.4 is 11.1 Å². The molecule has 0 aliphatic rings. The van der Waals surface area contributed by atoms with Gasteiger partial charge < -0.3 is 16.0 Å². The normalized spacial score (nSPS) is 11.4. The average molecular weight is 232 g/mol. The van der Waals surface area contributed by atoms with E-state index in [1.807, 2.05) is 6.07 Å². The number of rotatable bonds is 3. The highest BCUT2D eigenvalue weighted by Gasteiger charge is 2.15. The lowest BCUT2D eigenvalue weighted by atomic mass is 10.1. The van der Waals surface area contributed by atoms with Crippen molar-refractivity contribution in [1.82, 2.24) is 4.90 Å². The van der Waals surface area contributed by atoms with Gasteiger partial charge in [0.05, 0.1) is 23.0 Å². The van der Waals surface area contributed by atoms with E-state index < -0.39 is 0 Å². The highest BCUT2D eigenvalue weighted by molar-refractivity contribution is 5.85. The molecule has 0 aliphatic carbocycles. The maximum Gasteiger partial charge on any atom is 0.244 e. The van der Waals surface area contributed by atoms with E-state index in [9.17, 15) is 4.79 Å². The Morgan fingerprint density at radius 3 is 2.65 bits per heavy atom. The first-order valence-electron chi connectivity index (χ1n) is 5.23.